The van der Waals surface area contributed by atoms with Gasteiger partial charge in [0, 0.05) is 15.7 Å². The summed E-state index contributed by atoms with van der Waals surface area (Å²) in [6, 6.07) is 7.63. The Balaban J connectivity index is 2.43. The summed E-state index contributed by atoms with van der Waals surface area (Å²) in [5.41, 5.74) is 6.67. The van der Waals surface area contributed by atoms with Gasteiger partial charge in [0.1, 0.15) is 5.75 Å². The zero-order valence-electron chi connectivity index (χ0n) is 9.61. The van der Waals surface area contributed by atoms with Gasteiger partial charge in [-0.05, 0) is 18.2 Å². The Hall–Kier alpha value is -2.14. The number of hydrogen-bond acceptors (Lipinski definition) is 4. The number of ketones is 2. The van der Waals surface area contributed by atoms with Gasteiger partial charge in [-0.25, -0.2) is 0 Å². The lowest BCUT2D eigenvalue weighted by molar-refractivity contribution is 0.0976. The fraction of sp³-hybridized carbons (Fsp3) is 0. The molecule has 0 saturated heterocycles. The van der Waals surface area contributed by atoms with Crippen LogP contribution in [0.25, 0.3) is 0 Å². The molecule has 3 rings (SSSR count). The van der Waals surface area contributed by atoms with E-state index >= 15 is 0 Å². The Bertz CT molecular complexity index is 753. The van der Waals surface area contributed by atoms with E-state index in [0.29, 0.717) is 4.47 Å². The molecule has 0 spiro atoms. The second-order valence-corrected chi connectivity index (χ2v) is 5.10. The molecule has 0 amide bonds. The van der Waals surface area contributed by atoms with Gasteiger partial charge in [-0.2, -0.15) is 0 Å². The number of carbonyl (C=O) groups is 2. The van der Waals surface area contributed by atoms with Crippen LogP contribution in [0.1, 0.15) is 31.8 Å². The number of nitrogen functional groups attached to an aromatic ring is 1. The van der Waals surface area contributed by atoms with Crippen LogP contribution in [0.15, 0.2) is 34.8 Å². The molecule has 0 saturated carbocycles. The van der Waals surface area contributed by atoms with Crippen molar-refractivity contribution in [2.45, 2.75) is 0 Å². The van der Waals surface area contributed by atoms with Crippen LogP contribution in [0.5, 0.6) is 5.75 Å². The lowest BCUT2D eigenvalue weighted by Gasteiger charge is -2.20. The molecule has 2 aromatic carbocycles. The fourth-order valence-corrected chi connectivity index (χ4v) is 2.80. The van der Waals surface area contributed by atoms with Gasteiger partial charge < -0.3 is 10.8 Å². The van der Waals surface area contributed by atoms with Crippen molar-refractivity contribution in [2.75, 3.05) is 5.73 Å². The number of halogens is 1. The molecule has 0 atom stereocenters. The molecule has 1 aliphatic carbocycles. The minimum atomic E-state index is -0.393. The monoisotopic (exact) mass is 317 g/mol. The van der Waals surface area contributed by atoms with Gasteiger partial charge >= 0.3 is 0 Å². The number of rotatable bonds is 0. The first-order valence-electron chi connectivity index (χ1n) is 5.51. The van der Waals surface area contributed by atoms with Crippen LogP contribution in [0, 0.1) is 0 Å². The first-order chi connectivity index (χ1) is 9.02. The number of hydrogen-bond donors (Lipinski definition) is 2. The van der Waals surface area contributed by atoms with Crippen LogP contribution < -0.4 is 5.73 Å². The van der Waals surface area contributed by atoms with E-state index in [0.717, 1.165) is 0 Å². The summed E-state index contributed by atoms with van der Waals surface area (Å²) in [5, 5.41) is 9.84. The van der Waals surface area contributed by atoms with Gasteiger partial charge in [0.2, 0.25) is 0 Å². The fourth-order valence-electron chi connectivity index (χ4n) is 2.29. The third kappa shape index (κ3) is 1.51. The summed E-state index contributed by atoms with van der Waals surface area (Å²) < 4.78 is 0.465. The topological polar surface area (TPSA) is 80.4 Å². The largest absolute Gasteiger partial charge is 0.507 e. The normalized spacial score (nSPS) is 13.1. The highest BCUT2D eigenvalue weighted by Crippen LogP contribution is 2.38. The molecular formula is C14H8BrNO3. The molecule has 0 unspecified atom stereocenters. The average Bonchev–Trinajstić information content (AvgIpc) is 2.38. The summed E-state index contributed by atoms with van der Waals surface area (Å²) in [6.07, 6.45) is 0. The lowest BCUT2D eigenvalue weighted by atomic mass is 9.83. The Kier molecular flexibility index (Phi) is 2.46. The molecule has 0 bridgehead atoms. The number of anilines is 1. The van der Waals surface area contributed by atoms with Crippen molar-refractivity contribution in [1.29, 1.82) is 0 Å². The highest BCUT2D eigenvalue weighted by atomic mass is 79.9. The standard InChI is InChI=1S/C14H8BrNO3/c15-7-4-5-9(17)12-11(7)14(19)10-6(13(12)18)2-1-3-8(10)16/h1-5,17H,16H2. The predicted molar refractivity (Wildman–Crippen MR) is 73.5 cm³/mol. The van der Waals surface area contributed by atoms with E-state index in [1.54, 1.807) is 12.1 Å². The third-order valence-corrected chi connectivity index (χ3v) is 3.82. The van der Waals surface area contributed by atoms with Crippen LogP contribution in [0.3, 0.4) is 0 Å². The highest BCUT2D eigenvalue weighted by molar-refractivity contribution is 9.10. The summed E-state index contributed by atoms with van der Waals surface area (Å²) in [4.78, 5) is 24.9. The molecule has 0 radical (unpaired) electrons. The predicted octanol–water partition coefficient (Wildman–Crippen LogP) is 2.51. The molecule has 2 aromatic rings. The number of benzene rings is 2. The Morgan fingerprint density at radius 3 is 2.42 bits per heavy atom. The van der Waals surface area contributed by atoms with Crippen LogP contribution in [-0.4, -0.2) is 16.7 Å². The Morgan fingerprint density at radius 2 is 1.68 bits per heavy atom. The van der Waals surface area contributed by atoms with E-state index < -0.39 is 5.78 Å². The van der Waals surface area contributed by atoms with Gasteiger partial charge in [0.05, 0.1) is 16.7 Å². The minimum Gasteiger partial charge on any atom is -0.507 e. The number of aromatic hydroxyl groups is 1. The summed E-state index contributed by atoms with van der Waals surface area (Å²) in [6.45, 7) is 0. The van der Waals surface area contributed by atoms with E-state index in [4.69, 9.17) is 5.73 Å². The van der Waals surface area contributed by atoms with Crippen molar-refractivity contribution in [1.82, 2.24) is 0 Å². The Labute approximate surface area is 117 Å². The zero-order valence-corrected chi connectivity index (χ0v) is 11.2. The Morgan fingerprint density at radius 1 is 0.947 bits per heavy atom. The second kappa shape index (κ2) is 3.93. The maximum atomic E-state index is 12.5. The molecule has 0 fully saturated rings. The number of phenolic OH excluding ortho intramolecular Hbond substituents is 1. The van der Waals surface area contributed by atoms with Crippen LogP contribution in [0.2, 0.25) is 0 Å². The molecule has 0 heterocycles. The molecule has 0 aliphatic heterocycles. The van der Waals surface area contributed by atoms with E-state index in [1.165, 1.54) is 18.2 Å². The summed E-state index contributed by atoms with van der Waals surface area (Å²) in [7, 11) is 0. The van der Waals surface area contributed by atoms with Crippen LogP contribution in [0.4, 0.5) is 5.69 Å². The minimum absolute atomic E-state index is 0.0254. The first-order valence-corrected chi connectivity index (χ1v) is 6.31. The van der Waals surface area contributed by atoms with Gasteiger partial charge in [-0.1, -0.05) is 28.1 Å². The average molecular weight is 318 g/mol. The quantitative estimate of drug-likeness (QED) is 0.624. The summed E-state index contributed by atoms with van der Waals surface area (Å²) >= 11 is 3.24. The molecule has 3 N–H and O–H groups in total. The SMILES string of the molecule is Nc1cccc2c1C(=O)c1c(Br)ccc(O)c1C2=O. The number of phenols is 1. The maximum Gasteiger partial charge on any atom is 0.198 e. The van der Waals surface area contributed by atoms with E-state index in [-0.39, 0.29) is 39.5 Å². The summed E-state index contributed by atoms with van der Waals surface area (Å²) in [5.74, 6) is -0.953. The van der Waals surface area contributed by atoms with E-state index in [1.807, 2.05) is 0 Å². The van der Waals surface area contributed by atoms with Crippen molar-refractivity contribution in [2.24, 2.45) is 0 Å². The van der Waals surface area contributed by atoms with Crippen molar-refractivity contribution in [3.8, 4) is 5.75 Å². The van der Waals surface area contributed by atoms with E-state index in [9.17, 15) is 14.7 Å². The van der Waals surface area contributed by atoms with Crippen molar-refractivity contribution < 1.29 is 14.7 Å². The number of carbonyl (C=O) groups excluding carboxylic acids is 2. The zero-order chi connectivity index (χ0) is 13.7. The molecule has 5 heteroatoms. The second-order valence-electron chi connectivity index (χ2n) is 4.24. The first kappa shape index (κ1) is 11.9. The van der Waals surface area contributed by atoms with Gasteiger partial charge in [-0.3, -0.25) is 9.59 Å². The van der Waals surface area contributed by atoms with Gasteiger partial charge in [0.15, 0.2) is 11.6 Å². The molecule has 4 nitrogen and oxygen atoms in total. The highest BCUT2D eigenvalue weighted by Gasteiger charge is 2.34. The van der Waals surface area contributed by atoms with Crippen molar-refractivity contribution in [3.05, 3.63) is 57.1 Å². The third-order valence-electron chi connectivity index (χ3n) is 3.15. The van der Waals surface area contributed by atoms with E-state index in [2.05, 4.69) is 15.9 Å². The molecule has 1 aliphatic rings. The lowest BCUT2D eigenvalue weighted by Crippen LogP contribution is -2.22. The van der Waals surface area contributed by atoms with Gasteiger partial charge in [0.25, 0.3) is 0 Å². The molecule has 0 aromatic heterocycles. The maximum absolute atomic E-state index is 12.5. The molecule has 94 valence electrons. The number of nitrogens with two attached hydrogens (primary N) is 1. The van der Waals surface area contributed by atoms with Gasteiger partial charge in [-0.15, -0.1) is 0 Å². The van der Waals surface area contributed by atoms with Crippen LogP contribution in [-0.2, 0) is 0 Å². The molecule has 19 heavy (non-hydrogen) atoms. The molecular weight excluding hydrogens is 310 g/mol. The van der Waals surface area contributed by atoms with Crippen molar-refractivity contribution >= 4 is 33.2 Å². The smallest absolute Gasteiger partial charge is 0.198 e. The van der Waals surface area contributed by atoms with Crippen molar-refractivity contribution in [3.63, 3.8) is 0 Å². The number of fused-ring (bicyclic) bond motifs is 2. The van der Waals surface area contributed by atoms with Crippen LogP contribution >= 0.6 is 15.9 Å².